The molecule has 2 aromatic rings. The van der Waals surface area contributed by atoms with Crippen LogP contribution in [-0.2, 0) is 19.7 Å². The molecule has 0 aliphatic heterocycles. The minimum atomic E-state index is -4.16. The smallest absolute Gasteiger partial charge is 0.338 e. The highest BCUT2D eigenvalue weighted by atomic mass is 35.5. The molecule has 0 saturated heterocycles. The molecule has 0 aliphatic rings. The number of amides is 1. The van der Waals surface area contributed by atoms with Crippen molar-refractivity contribution in [3.05, 3.63) is 58.9 Å². The van der Waals surface area contributed by atoms with Crippen LogP contribution in [0.25, 0.3) is 0 Å². The number of nitrogens with one attached hydrogen (secondary N) is 1. The van der Waals surface area contributed by atoms with Crippen molar-refractivity contribution in [1.82, 2.24) is 4.31 Å². The summed E-state index contributed by atoms with van der Waals surface area (Å²) >= 11 is 6.11. The van der Waals surface area contributed by atoms with E-state index >= 15 is 0 Å². The molecule has 0 spiro atoms. The van der Waals surface area contributed by atoms with Gasteiger partial charge in [-0.1, -0.05) is 23.7 Å². The molecule has 0 radical (unpaired) electrons. The molecule has 11 heteroatoms. The second-order valence-corrected chi connectivity index (χ2v) is 8.69. The number of hydrogen-bond donors (Lipinski definition) is 1. The van der Waals surface area contributed by atoms with E-state index in [0.29, 0.717) is 4.31 Å². The van der Waals surface area contributed by atoms with E-state index in [9.17, 15) is 22.4 Å². The van der Waals surface area contributed by atoms with Crippen molar-refractivity contribution in [3.63, 3.8) is 0 Å². The van der Waals surface area contributed by atoms with Crippen molar-refractivity contribution in [3.8, 4) is 0 Å². The standard InChI is InChI=1S/C19H21ClFN3O5S/c1-4-29-19(26)13-9-10-16(14(20)11-13)22-18(25)12-24(30(27,28)23(2)3)17-8-6-5-7-15(17)21/h5-11H,4,12H2,1-3H3,(H,22,25). The molecule has 30 heavy (non-hydrogen) atoms. The van der Waals surface area contributed by atoms with Crippen molar-refractivity contribution < 1.29 is 27.1 Å². The first-order chi connectivity index (χ1) is 14.1. The molecule has 162 valence electrons. The second kappa shape index (κ2) is 9.88. The molecule has 1 N–H and O–H groups in total. The summed E-state index contributed by atoms with van der Waals surface area (Å²) in [6.07, 6.45) is 0. The van der Waals surface area contributed by atoms with Crippen molar-refractivity contribution in [1.29, 1.82) is 0 Å². The normalized spacial score (nSPS) is 11.3. The van der Waals surface area contributed by atoms with Crippen molar-refractivity contribution in [2.75, 3.05) is 36.9 Å². The summed E-state index contributed by atoms with van der Waals surface area (Å²) in [7, 11) is -1.62. The van der Waals surface area contributed by atoms with Crippen LogP contribution in [0.1, 0.15) is 17.3 Å². The number of carbonyl (C=O) groups is 2. The molecule has 2 rings (SSSR count). The lowest BCUT2D eigenvalue weighted by Gasteiger charge is -2.27. The van der Waals surface area contributed by atoms with Gasteiger partial charge in [-0.15, -0.1) is 0 Å². The Hall–Kier alpha value is -2.69. The number of carbonyl (C=O) groups excluding carboxylic acids is 2. The third-order valence-corrected chi connectivity index (χ3v) is 6.02. The highest BCUT2D eigenvalue weighted by Gasteiger charge is 2.29. The number of anilines is 2. The lowest BCUT2D eigenvalue weighted by Crippen LogP contribution is -2.44. The number of benzene rings is 2. The molecule has 0 atom stereocenters. The molecule has 0 bridgehead atoms. The summed E-state index contributed by atoms with van der Waals surface area (Å²) in [5.74, 6) is -2.12. The predicted octanol–water partition coefficient (Wildman–Crippen LogP) is 2.91. The van der Waals surface area contributed by atoms with Gasteiger partial charge in [-0.05, 0) is 37.3 Å². The molecular weight excluding hydrogens is 437 g/mol. The summed E-state index contributed by atoms with van der Waals surface area (Å²) in [5, 5.41) is 2.53. The molecule has 2 aromatic carbocycles. The van der Waals surface area contributed by atoms with Crippen molar-refractivity contribution >= 4 is 45.1 Å². The average Bonchev–Trinajstić information content (AvgIpc) is 2.68. The number of nitrogens with zero attached hydrogens (tertiary/aromatic N) is 2. The summed E-state index contributed by atoms with van der Waals surface area (Å²) in [5.41, 5.74) is 0.0820. The minimum Gasteiger partial charge on any atom is -0.462 e. The van der Waals surface area contributed by atoms with Crippen LogP contribution in [-0.4, -0.2) is 51.8 Å². The van der Waals surface area contributed by atoms with E-state index in [1.54, 1.807) is 6.92 Å². The van der Waals surface area contributed by atoms with E-state index in [1.807, 2.05) is 0 Å². The van der Waals surface area contributed by atoms with Gasteiger partial charge in [-0.3, -0.25) is 4.79 Å². The third kappa shape index (κ3) is 5.47. The van der Waals surface area contributed by atoms with Crippen LogP contribution in [0.15, 0.2) is 42.5 Å². The maximum absolute atomic E-state index is 14.2. The Bertz CT molecular complexity index is 1050. The molecule has 0 heterocycles. The van der Waals surface area contributed by atoms with Gasteiger partial charge in [0.05, 0.1) is 28.6 Å². The van der Waals surface area contributed by atoms with Crippen LogP contribution in [0, 0.1) is 5.82 Å². The Balaban J connectivity index is 2.27. The van der Waals surface area contributed by atoms with Crippen LogP contribution in [0.3, 0.4) is 0 Å². The summed E-state index contributed by atoms with van der Waals surface area (Å²) in [4.78, 5) is 24.3. The van der Waals surface area contributed by atoms with Gasteiger partial charge in [-0.25, -0.2) is 13.5 Å². The molecule has 0 aromatic heterocycles. The SMILES string of the molecule is CCOC(=O)c1ccc(NC(=O)CN(c2ccccc2F)S(=O)(=O)N(C)C)c(Cl)c1. The fourth-order valence-electron chi connectivity index (χ4n) is 2.42. The van der Waals surface area contributed by atoms with Gasteiger partial charge in [0.1, 0.15) is 12.4 Å². The summed E-state index contributed by atoms with van der Waals surface area (Å²) in [6.45, 7) is 1.16. The van der Waals surface area contributed by atoms with Gasteiger partial charge in [-0.2, -0.15) is 12.7 Å². The van der Waals surface area contributed by atoms with Crippen molar-refractivity contribution in [2.24, 2.45) is 0 Å². The van der Waals surface area contributed by atoms with Gasteiger partial charge in [0.2, 0.25) is 5.91 Å². The lowest BCUT2D eigenvalue weighted by molar-refractivity contribution is -0.114. The fourth-order valence-corrected chi connectivity index (χ4v) is 3.72. The first-order valence-electron chi connectivity index (χ1n) is 8.79. The topological polar surface area (TPSA) is 96.0 Å². The van der Waals surface area contributed by atoms with Crippen LogP contribution in [0.5, 0.6) is 0 Å². The number of para-hydroxylation sites is 1. The number of hydrogen-bond acceptors (Lipinski definition) is 5. The van der Waals surface area contributed by atoms with Crippen LogP contribution < -0.4 is 9.62 Å². The molecule has 8 nitrogen and oxygen atoms in total. The Morgan fingerprint density at radius 2 is 1.83 bits per heavy atom. The van der Waals surface area contributed by atoms with Crippen LogP contribution in [0.2, 0.25) is 5.02 Å². The van der Waals surface area contributed by atoms with Crippen LogP contribution >= 0.6 is 11.6 Å². The Kier molecular flexibility index (Phi) is 7.77. The maximum Gasteiger partial charge on any atom is 0.338 e. The first kappa shape index (κ1) is 23.6. The molecule has 0 unspecified atom stereocenters. The van der Waals surface area contributed by atoms with Gasteiger partial charge in [0.15, 0.2) is 0 Å². The summed E-state index contributed by atoms with van der Waals surface area (Å²) in [6, 6.07) is 9.33. The number of halogens is 2. The lowest BCUT2D eigenvalue weighted by atomic mass is 10.2. The Morgan fingerprint density at radius 3 is 2.40 bits per heavy atom. The van der Waals surface area contributed by atoms with Crippen LogP contribution in [0.4, 0.5) is 15.8 Å². The van der Waals surface area contributed by atoms with E-state index in [4.69, 9.17) is 16.3 Å². The maximum atomic E-state index is 14.2. The van der Waals surface area contributed by atoms with E-state index in [0.717, 1.165) is 10.4 Å². The molecule has 0 fully saturated rings. The van der Waals surface area contributed by atoms with Gasteiger partial charge in [0, 0.05) is 14.1 Å². The fraction of sp³-hybridized carbons (Fsp3) is 0.263. The molecule has 0 saturated carbocycles. The zero-order valence-electron chi connectivity index (χ0n) is 16.6. The zero-order valence-corrected chi connectivity index (χ0v) is 18.1. The summed E-state index contributed by atoms with van der Waals surface area (Å²) < 4.78 is 45.9. The van der Waals surface area contributed by atoms with Gasteiger partial charge >= 0.3 is 16.2 Å². The average molecular weight is 458 g/mol. The van der Waals surface area contributed by atoms with E-state index in [2.05, 4.69) is 5.32 Å². The number of esters is 1. The highest BCUT2D eigenvalue weighted by Crippen LogP contribution is 2.25. The highest BCUT2D eigenvalue weighted by molar-refractivity contribution is 7.90. The Labute approximate surface area is 179 Å². The van der Waals surface area contributed by atoms with Gasteiger partial charge < -0.3 is 10.1 Å². The van der Waals surface area contributed by atoms with E-state index < -0.39 is 34.4 Å². The van der Waals surface area contributed by atoms with Gasteiger partial charge in [0.25, 0.3) is 0 Å². The largest absolute Gasteiger partial charge is 0.462 e. The zero-order chi connectivity index (χ0) is 22.5. The minimum absolute atomic E-state index is 0.0572. The molecule has 0 aliphatic carbocycles. The molecular formula is C19H21ClFN3O5S. The van der Waals surface area contributed by atoms with E-state index in [-0.39, 0.29) is 28.6 Å². The Morgan fingerprint density at radius 1 is 1.17 bits per heavy atom. The number of ether oxygens (including phenoxy) is 1. The first-order valence-corrected chi connectivity index (χ1v) is 10.6. The molecule has 1 amide bonds. The van der Waals surface area contributed by atoms with E-state index in [1.165, 1.54) is 50.5 Å². The quantitative estimate of drug-likeness (QED) is 0.615. The third-order valence-electron chi connectivity index (χ3n) is 3.90. The monoisotopic (exact) mass is 457 g/mol. The predicted molar refractivity (Wildman–Crippen MR) is 112 cm³/mol. The second-order valence-electron chi connectivity index (χ2n) is 6.21. The van der Waals surface area contributed by atoms with Crippen molar-refractivity contribution in [2.45, 2.75) is 6.92 Å². The number of rotatable bonds is 8.